The van der Waals surface area contributed by atoms with Crippen LogP contribution in [0.25, 0.3) is 11.3 Å². The molecule has 0 unspecified atom stereocenters. The number of hydrogen-bond donors (Lipinski definition) is 3. The fraction of sp³-hybridized carbons (Fsp3) is 0.250. The fourth-order valence-corrected chi connectivity index (χ4v) is 3.35. The van der Waals surface area contributed by atoms with Crippen LogP contribution in [0.2, 0.25) is 0 Å². The van der Waals surface area contributed by atoms with E-state index in [0.29, 0.717) is 22.3 Å². The third-order valence-electron chi connectivity index (χ3n) is 4.96. The third-order valence-corrected chi connectivity index (χ3v) is 5.68. The van der Waals surface area contributed by atoms with Crippen LogP contribution in [0.3, 0.4) is 0 Å². The Morgan fingerprint density at radius 3 is 2.28 bits per heavy atom. The first kappa shape index (κ1) is 23.5. The van der Waals surface area contributed by atoms with E-state index >= 15 is 0 Å². The molecule has 7 nitrogen and oxygen atoms in total. The standard InChI is InChI=1S/C20H18AsN5O2.C4H8/c1-22-19(27)16-8-9-17(26-18(16)21)14-4-6-15(7-5-14)25-20(28)24-12-13-3-2-10-23-11-13;1-2-4-3-1/h2-11H,12H2,1H3,(H,22,27)(H2,24,25,28);1-4H2. The summed E-state index contributed by atoms with van der Waals surface area (Å²) in [5.41, 5.74) is 3.75. The number of amides is 3. The maximum atomic E-state index is 12.0. The predicted octanol–water partition coefficient (Wildman–Crippen LogP) is 3.18. The van der Waals surface area contributed by atoms with Crippen LogP contribution in [-0.2, 0) is 6.54 Å². The summed E-state index contributed by atoms with van der Waals surface area (Å²) in [4.78, 5) is 32.3. The van der Waals surface area contributed by atoms with E-state index in [-0.39, 0.29) is 11.9 Å². The molecule has 2 heterocycles. The first-order valence-corrected chi connectivity index (χ1v) is 11.5. The molecule has 1 fully saturated rings. The van der Waals surface area contributed by atoms with E-state index in [1.54, 1.807) is 43.7 Å². The van der Waals surface area contributed by atoms with Crippen molar-refractivity contribution in [2.75, 3.05) is 12.4 Å². The van der Waals surface area contributed by atoms with E-state index in [2.05, 4.69) is 42.8 Å². The summed E-state index contributed by atoms with van der Waals surface area (Å²) in [7, 11) is 1.58. The van der Waals surface area contributed by atoms with Crippen LogP contribution in [0.5, 0.6) is 0 Å². The van der Waals surface area contributed by atoms with Gasteiger partial charge in [-0.15, -0.1) is 0 Å². The number of nitrogens with zero attached hydrogens (tertiary/aromatic N) is 2. The number of urea groups is 1. The number of nitrogens with one attached hydrogen (secondary N) is 3. The Bertz CT molecular complexity index is 1030. The van der Waals surface area contributed by atoms with Gasteiger partial charge in [-0.1, -0.05) is 31.7 Å². The van der Waals surface area contributed by atoms with Crippen LogP contribution in [-0.4, -0.2) is 45.8 Å². The molecule has 0 spiro atoms. The molecule has 3 aromatic rings. The summed E-state index contributed by atoms with van der Waals surface area (Å²) in [5.74, 6) is -0.175. The number of benzene rings is 1. The molecule has 1 aromatic carbocycles. The molecule has 164 valence electrons. The monoisotopic (exact) mass is 491 g/mol. The first-order valence-electron chi connectivity index (χ1n) is 10.5. The molecule has 0 bridgehead atoms. The molecule has 3 N–H and O–H groups in total. The van der Waals surface area contributed by atoms with Gasteiger partial charge in [0.05, 0.1) is 0 Å². The number of aromatic nitrogens is 2. The second-order valence-corrected chi connectivity index (χ2v) is 8.20. The molecule has 1 aliphatic carbocycles. The molecule has 2 radical (unpaired) electrons. The molecule has 4 rings (SSSR count). The quantitative estimate of drug-likeness (QED) is 0.478. The van der Waals surface area contributed by atoms with Crippen molar-refractivity contribution in [3.05, 3.63) is 72.1 Å². The van der Waals surface area contributed by atoms with Crippen molar-refractivity contribution in [2.24, 2.45) is 0 Å². The van der Waals surface area contributed by atoms with Gasteiger partial charge >= 0.3 is 142 Å². The number of pyridine rings is 2. The number of rotatable bonds is 5. The Kier molecular flexibility index (Phi) is 8.81. The van der Waals surface area contributed by atoms with Gasteiger partial charge in [-0.2, -0.15) is 0 Å². The van der Waals surface area contributed by atoms with E-state index in [1.165, 1.54) is 25.7 Å². The van der Waals surface area contributed by atoms with Gasteiger partial charge in [0.2, 0.25) is 0 Å². The van der Waals surface area contributed by atoms with Gasteiger partial charge in [0.15, 0.2) is 0 Å². The maximum absolute atomic E-state index is 12.0. The van der Waals surface area contributed by atoms with Crippen molar-refractivity contribution in [2.45, 2.75) is 32.2 Å². The second-order valence-electron chi connectivity index (χ2n) is 7.31. The third kappa shape index (κ3) is 6.92. The summed E-state index contributed by atoms with van der Waals surface area (Å²) in [6, 6.07) is 14.3. The van der Waals surface area contributed by atoms with Crippen LogP contribution >= 0.6 is 0 Å². The molecule has 2 aromatic heterocycles. The van der Waals surface area contributed by atoms with Crippen LogP contribution in [0.4, 0.5) is 10.5 Å². The Morgan fingerprint density at radius 2 is 1.72 bits per heavy atom. The van der Waals surface area contributed by atoms with Crippen LogP contribution in [0.1, 0.15) is 41.6 Å². The summed E-state index contributed by atoms with van der Waals surface area (Å²) >= 11 is 2.31. The second kappa shape index (κ2) is 12.0. The van der Waals surface area contributed by atoms with E-state index in [1.807, 2.05) is 24.3 Å². The number of carbonyl (C=O) groups excluding carboxylic acids is 2. The van der Waals surface area contributed by atoms with Gasteiger partial charge < -0.3 is 0 Å². The van der Waals surface area contributed by atoms with E-state index in [9.17, 15) is 9.59 Å². The van der Waals surface area contributed by atoms with Crippen molar-refractivity contribution < 1.29 is 9.59 Å². The van der Waals surface area contributed by atoms with Gasteiger partial charge in [0.1, 0.15) is 0 Å². The molecule has 32 heavy (non-hydrogen) atoms. The van der Waals surface area contributed by atoms with Crippen molar-refractivity contribution in [3.8, 4) is 11.3 Å². The molecule has 0 atom stereocenters. The first-order chi connectivity index (χ1) is 15.6. The van der Waals surface area contributed by atoms with Gasteiger partial charge in [-0.3, -0.25) is 4.98 Å². The summed E-state index contributed by atoms with van der Waals surface area (Å²) in [6.07, 6.45) is 9.39. The summed E-state index contributed by atoms with van der Waals surface area (Å²) in [5, 5.41) is 8.16. The molecule has 0 saturated heterocycles. The van der Waals surface area contributed by atoms with Crippen LogP contribution < -0.4 is 20.4 Å². The molecule has 3 amide bonds. The molecular formula is C24H26AsN5O2. The van der Waals surface area contributed by atoms with E-state index in [4.69, 9.17) is 0 Å². The van der Waals surface area contributed by atoms with Crippen molar-refractivity contribution in [3.63, 3.8) is 0 Å². The zero-order valence-electron chi connectivity index (χ0n) is 18.0. The topological polar surface area (TPSA) is 96.0 Å². The van der Waals surface area contributed by atoms with E-state index in [0.717, 1.165) is 16.8 Å². The molecule has 0 aliphatic heterocycles. The van der Waals surface area contributed by atoms with Crippen molar-refractivity contribution in [1.29, 1.82) is 0 Å². The summed E-state index contributed by atoms with van der Waals surface area (Å²) < 4.78 is 0.598. The Morgan fingerprint density at radius 1 is 1.00 bits per heavy atom. The molecule has 8 heteroatoms. The number of carbonyl (C=O) groups is 2. The minimum atomic E-state index is -0.294. The fourth-order valence-electron chi connectivity index (χ4n) is 2.76. The number of hydrogen-bond acceptors (Lipinski definition) is 4. The van der Waals surface area contributed by atoms with Crippen LogP contribution in [0.15, 0.2) is 60.9 Å². The van der Waals surface area contributed by atoms with Crippen LogP contribution in [0, 0.1) is 0 Å². The molecule has 1 saturated carbocycles. The van der Waals surface area contributed by atoms with Gasteiger partial charge in [0, 0.05) is 12.4 Å². The average Bonchev–Trinajstić information content (AvgIpc) is 2.77. The van der Waals surface area contributed by atoms with Gasteiger partial charge in [-0.05, 0) is 6.07 Å². The summed E-state index contributed by atoms with van der Waals surface area (Å²) in [6.45, 7) is 0.400. The normalized spacial score (nSPS) is 11.9. The zero-order chi connectivity index (χ0) is 22.8. The minimum absolute atomic E-state index is 0.175. The van der Waals surface area contributed by atoms with Gasteiger partial charge in [-0.25, -0.2) is 0 Å². The Labute approximate surface area is 196 Å². The van der Waals surface area contributed by atoms with Gasteiger partial charge in [0.25, 0.3) is 0 Å². The predicted molar refractivity (Wildman–Crippen MR) is 127 cm³/mol. The van der Waals surface area contributed by atoms with Crippen molar-refractivity contribution >= 4 is 39.0 Å². The zero-order valence-corrected chi connectivity index (χ0v) is 19.8. The number of anilines is 1. The van der Waals surface area contributed by atoms with Crippen molar-refractivity contribution in [1.82, 2.24) is 20.6 Å². The SMILES string of the molecule is C1CCC1.CNC(=O)c1ccc(-c2ccc(NC(=O)NCc3cccnc3)cc2)nc1[As]. The Balaban J connectivity index is 0.000000650. The average molecular weight is 491 g/mol. The molecule has 1 aliphatic rings. The Hall–Kier alpha value is -3.18. The molecular weight excluding hydrogens is 465 g/mol. The van der Waals surface area contributed by atoms with E-state index < -0.39 is 0 Å².